The number of anilines is 1. The SMILES string of the molecule is Cc1cc(C(=O)NCCNC2CCCCCC2)ccc1NC(=O)CC(C)C. The van der Waals surface area contributed by atoms with Gasteiger partial charge < -0.3 is 16.0 Å². The van der Waals surface area contributed by atoms with E-state index in [0.29, 0.717) is 30.5 Å². The molecule has 27 heavy (non-hydrogen) atoms. The Kier molecular flexibility index (Phi) is 8.79. The van der Waals surface area contributed by atoms with E-state index in [0.717, 1.165) is 17.8 Å². The molecule has 1 aliphatic carbocycles. The van der Waals surface area contributed by atoms with Crippen LogP contribution in [0.4, 0.5) is 5.69 Å². The zero-order valence-electron chi connectivity index (χ0n) is 17.1. The number of carbonyl (C=O) groups is 2. The molecule has 0 bridgehead atoms. The van der Waals surface area contributed by atoms with Crippen LogP contribution in [0, 0.1) is 12.8 Å². The Morgan fingerprint density at radius 1 is 1.07 bits per heavy atom. The van der Waals surface area contributed by atoms with Crippen LogP contribution in [0.5, 0.6) is 0 Å². The first-order valence-corrected chi connectivity index (χ1v) is 10.4. The molecule has 150 valence electrons. The van der Waals surface area contributed by atoms with Gasteiger partial charge in [-0.15, -0.1) is 0 Å². The highest BCUT2D eigenvalue weighted by molar-refractivity contribution is 5.96. The Balaban J connectivity index is 1.77. The maximum absolute atomic E-state index is 12.4. The van der Waals surface area contributed by atoms with E-state index in [-0.39, 0.29) is 11.8 Å². The topological polar surface area (TPSA) is 70.2 Å². The fourth-order valence-corrected chi connectivity index (χ4v) is 3.56. The highest BCUT2D eigenvalue weighted by Gasteiger charge is 2.12. The van der Waals surface area contributed by atoms with Gasteiger partial charge in [0.25, 0.3) is 5.91 Å². The Bertz CT molecular complexity index is 620. The number of hydrogen-bond donors (Lipinski definition) is 3. The second kappa shape index (κ2) is 11.1. The van der Waals surface area contributed by atoms with Gasteiger partial charge in [-0.3, -0.25) is 9.59 Å². The molecule has 0 aliphatic heterocycles. The van der Waals surface area contributed by atoms with Gasteiger partial charge in [0, 0.05) is 36.8 Å². The minimum Gasteiger partial charge on any atom is -0.351 e. The van der Waals surface area contributed by atoms with Crippen molar-refractivity contribution in [2.24, 2.45) is 5.92 Å². The fraction of sp³-hybridized carbons (Fsp3) is 0.636. The predicted octanol–water partition coefficient (Wildman–Crippen LogP) is 4.02. The van der Waals surface area contributed by atoms with E-state index in [1.807, 2.05) is 32.9 Å². The summed E-state index contributed by atoms with van der Waals surface area (Å²) >= 11 is 0. The van der Waals surface area contributed by atoms with Crippen LogP contribution in [-0.2, 0) is 4.79 Å². The zero-order valence-corrected chi connectivity index (χ0v) is 17.1. The smallest absolute Gasteiger partial charge is 0.251 e. The lowest BCUT2D eigenvalue weighted by Gasteiger charge is -2.16. The third-order valence-corrected chi connectivity index (χ3v) is 5.06. The summed E-state index contributed by atoms with van der Waals surface area (Å²) in [5, 5.41) is 9.46. The zero-order chi connectivity index (χ0) is 19.6. The maximum atomic E-state index is 12.4. The lowest BCUT2D eigenvalue weighted by Crippen LogP contribution is -2.36. The van der Waals surface area contributed by atoms with Crippen LogP contribution in [0.3, 0.4) is 0 Å². The van der Waals surface area contributed by atoms with Gasteiger partial charge in [-0.25, -0.2) is 0 Å². The molecule has 1 aromatic rings. The number of hydrogen-bond acceptors (Lipinski definition) is 3. The van der Waals surface area contributed by atoms with Crippen molar-refractivity contribution in [2.75, 3.05) is 18.4 Å². The molecular formula is C22H35N3O2. The van der Waals surface area contributed by atoms with Crippen LogP contribution >= 0.6 is 0 Å². The summed E-state index contributed by atoms with van der Waals surface area (Å²) in [7, 11) is 0. The van der Waals surface area contributed by atoms with Gasteiger partial charge in [0.15, 0.2) is 0 Å². The Morgan fingerprint density at radius 2 is 1.78 bits per heavy atom. The number of carbonyl (C=O) groups excluding carboxylic acids is 2. The van der Waals surface area contributed by atoms with Crippen molar-refractivity contribution in [1.29, 1.82) is 0 Å². The Morgan fingerprint density at radius 3 is 2.41 bits per heavy atom. The van der Waals surface area contributed by atoms with Crippen molar-refractivity contribution in [2.45, 2.75) is 71.8 Å². The maximum Gasteiger partial charge on any atom is 0.251 e. The van der Waals surface area contributed by atoms with Crippen molar-refractivity contribution < 1.29 is 9.59 Å². The van der Waals surface area contributed by atoms with Crippen LogP contribution in [0.1, 0.15) is 74.7 Å². The molecule has 0 heterocycles. The summed E-state index contributed by atoms with van der Waals surface area (Å²) in [5.41, 5.74) is 2.30. The molecule has 0 saturated heterocycles. The van der Waals surface area contributed by atoms with E-state index in [4.69, 9.17) is 0 Å². The minimum atomic E-state index is -0.0687. The van der Waals surface area contributed by atoms with Crippen molar-refractivity contribution >= 4 is 17.5 Å². The van der Waals surface area contributed by atoms with Crippen LogP contribution in [0.15, 0.2) is 18.2 Å². The largest absolute Gasteiger partial charge is 0.351 e. The Labute approximate surface area is 163 Å². The van der Waals surface area contributed by atoms with Gasteiger partial charge >= 0.3 is 0 Å². The van der Waals surface area contributed by atoms with Gasteiger partial charge in [-0.05, 0) is 49.4 Å². The third-order valence-electron chi connectivity index (χ3n) is 5.06. The highest BCUT2D eigenvalue weighted by Crippen LogP contribution is 2.18. The average molecular weight is 374 g/mol. The second-order valence-electron chi connectivity index (χ2n) is 8.07. The molecule has 5 nitrogen and oxygen atoms in total. The summed E-state index contributed by atoms with van der Waals surface area (Å²) in [6.45, 7) is 7.38. The first-order chi connectivity index (χ1) is 13.0. The molecule has 1 fully saturated rings. The van der Waals surface area contributed by atoms with Gasteiger partial charge in [0.1, 0.15) is 0 Å². The van der Waals surface area contributed by atoms with E-state index < -0.39 is 0 Å². The lowest BCUT2D eigenvalue weighted by molar-refractivity contribution is -0.116. The molecule has 0 spiro atoms. The van der Waals surface area contributed by atoms with E-state index in [9.17, 15) is 9.59 Å². The van der Waals surface area contributed by atoms with Crippen LogP contribution in [0.2, 0.25) is 0 Å². The summed E-state index contributed by atoms with van der Waals surface area (Å²) in [5.74, 6) is 0.262. The summed E-state index contributed by atoms with van der Waals surface area (Å²) in [6, 6.07) is 6.01. The normalized spacial score (nSPS) is 15.4. The number of benzene rings is 1. The van der Waals surface area contributed by atoms with Gasteiger partial charge in [0.2, 0.25) is 5.91 Å². The van der Waals surface area contributed by atoms with Gasteiger partial charge in [0.05, 0.1) is 0 Å². The fourth-order valence-electron chi connectivity index (χ4n) is 3.56. The molecule has 2 amide bonds. The molecule has 2 rings (SSSR count). The number of rotatable bonds is 8. The number of amides is 2. The minimum absolute atomic E-state index is 0.00916. The molecular weight excluding hydrogens is 338 g/mol. The highest BCUT2D eigenvalue weighted by atomic mass is 16.2. The van der Waals surface area contributed by atoms with Gasteiger partial charge in [-0.2, -0.15) is 0 Å². The average Bonchev–Trinajstić information content (AvgIpc) is 2.88. The number of aryl methyl sites for hydroxylation is 1. The molecule has 0 aromatic heterocycles. The quantitative estimate of drug-likeness (QED) is 0.476. The summed E-state index contributed by atoms with van der Waals surface area (Å²) in [6.07, 6.45) is 8.31. The van der Waals surface area contributed by atoms with Crippen LogP contribution < -0.4 is 16.0 Å². The lowest BCUT2D eigenvalue weighted by atomic mass is 10.1. The van der Waals surface area contributed by atoms with Crippen molar-refractivity contribution in [3.63, 3.8) is 0 Å². The van der Waals surface area contributed by atoms with Crippen molar-refractivity contribution in [1.82, 2.24) is 10.6 Å². The molecule has 3 N–H and O–H groups in total. The van der Waals surface area contributed by atoms with E-state index >= 15 is 0 Å². The first kappa shape index (κ1) is 21.4. The van der Waals surface area contributed by atoms with Crippen LogP contribution in [-0.4, -0.2) is 30.9 Å². The van der Waals surface area contributed by atoms with E-state index in [1.54, 1.807) is 6.07 Å². The van der Waals surface area contributed by atoms with E-state index in [2.05, 4.69) is 16.0 Å². The molecule has 5 heteroatoms. The molecule has 0 radical (unpaired) electrons. The monoisotopic (exact) mass is 373 g/mol. The predicted molar refractivity (Wildman–Crippen MR) is 111 cm³/mol. The Hall–Kier alpha value is -1.88. The molecule has 1 aromatic carbocycles. The standard InChI is InChI=1S/C22H35N3O2/c1-16(2)14-21(26)25-20-11-10-18(15-17(20)3)22(27)24-13-12-23-19-8-6-4-5-7-9-19/h10-11,15-16,19,23H,4-9,12-14H2,1-3H3,(H,24,27)(H,25,26). The first-order valence-electron chi connectivity index (χ1n) is 10.4. The summed E-state index contributed by atoms with van der Waals surface area (Å²) in [4.78, 5) is 24.3. The van der Waals surface area contributed by atoms with Crippen molar-refractivity contribution in [3.8, 4) is 0 Å². The van der Waals surface area contributed by atoms with Gasteiger partial charge in [-0.1, -0.05) is 39.5 Å². The third kappa shape index (κ3) is 7.71. The summed E-state index contributed by atoms with van der Waals surface area (Å²) < 4.78 is 0. The molecule has 0 unspecified atom stereocenters. The molecule has 0 atom stereocenters. The molecule has 1 aliphatic rings. The number of nitrogens with one attached hydrogen (secondary N) is 3. The second-order valence-corrected chi connectivity index (χ2v) is 8.07. The van der Waals surface area contributed by atoms with Crippen molar-refractivity contribution in [3.05, 3.63) is 29.3 Å². The van der Waals surface area contributed by atoms with E-state index in [1.165, 1.54) is 38.5 Å². The van der Waals surface area contributed by atoms with Crippen LogP contribution in [0.25, 0.3) is 0 Å². The molecule has 1 saturated carbocycles.